The molecular weight excluding hydrogens is 242 g/mol. The Balaban J connectivity index is 2.27. The molecule has 1 atom stereocenters. The van der Waals surface area contributed by atoms with Gasteiger partial charge in [0.2, 0.25) is 0 Å². The number of hydrogen-bond acceptors (Lipinski definition) is 5. The van der Waals surface area contributed by atoms with Crippen LogP contribution in [0.1, 0.15) is 33.1 Å². The lowest BCUT2D eigenvalue weighted by molar-refractivity contribution is -0.149. The molecule has 0 aliphatic carbocycles. The minimum atomic E-state index is -0.849. The molecule has 2 N–H and O–H groups in total. The van der Waals surface area contributed by atoms with E-state index in [0.29, 0.717) is 13.0 Å². The first-order chi connectivity index (χ1) is 8.95. The highest BCUT2D eigenvalue weighted by Crippen LogP contribution is 2.12. The van der Waals surface area contributed by atoms with Crippen LogP contribution in [0.3, 0.4) is 0 Å². The molecule has 112 valence electrons. The average molecular weight is 271 g/mol. The zero-order chi connectivity index (χ0) is 14.3. The smallest absolute Gasteiger partial charge is 0.325 e. The van der Waals surface area contributed by atoms with E-state index in [0.717, 1.165) is 32.6 Å². The fraction of sp³-hybridized carbons (Fsp3) is 0.929. The zero-order valence-corrected chi connectivity index (χ0v) is 12.7. The molecule has 19 heavy (non-hydrogen) atoms. The normalized spacial score (nSPS) is 21.7. The third-order valence-electron chi connectivity index (χ3n) is 3.72. The minimum absolute atomic E-state index is 0.286. The van der Waals surface area contributed by atoms with E-state index in [4.69, 9.17) is 10.5 Å². The Morgan fingerprint density at radius 2 is 2.05 bits per heavy atom. The van der Waals surface area contributed by atoms with Crippen molar-refractivity contribution in [3.8, 4) is 0 Å². The van der Waals surface area contributed by atoms with Crippen LogP contribution in [0, 0.1) is 0 Å². The van der Waals surface area contributed by atoms with Crippen molar-refractivity contribution in [3.05, 3.63) is 0 Å². The molecule has 5 heteroatoms. The fourth-order valence-corrected chi connectivity index (χ4v) is 2.39. The van der Waals surface area contributed by atoms with Crippen LogP contribution in [0.25, 0.3) is 0 Å². The van der Waals surface area contributed by atoms with Crippen molar-refractivity contribution in [2.45, 2.75) is 38.6 Å². The number of esters is 1. The monoisotopic (exact) mass is 271 g/mol. The fourth-order valence-electron chi connectivity index (χ4n) is 2.39. The molecule has 1 saturated heterocycles. The summed E-state index contributed by atoms with van der Waals surface area (Å²) in [5, 5.41) is 0. The molecule has 0 aromatic carbocycles. The van der Waals surface area contributed by atoms with E-state index in [1.165, 1.54) is 13.0 Å². The minimum Gasteiger partial charge on any atom is -0.465 e. The van der Waals surface area contributed by atoms with Crippen LogP contribution in [-0.2, 0) is 9.53 Å². The molecule has 0 radical (unpaired) electrons. The summed E-state index contributed by atoms with van der Waals surface area (Å²) in [6, 6.07) is 0. The van der Waals surface area contributed by atoms with Crippen molar-refractivity contribution in [2.75, 3.05) is 46.4 Å². The number of ether oxygens (including phenoxy) is 1. The summed E-state index contributed by atoms with van der Waals surface area (Å²) in [4.78, 5) is 16.5. The van der Waals surface area contributed by atoms with Gasteiger partial charge in [-0.25, -0.2) is 0 Å². The predicted octanol–water partition coefficient (Wildman–Crippen LogP) is 0.685. The highest BCUT2D eigenvalue weighted by molar-refractivity contribution is 5.79. The standard InChI is InChI=1S/C14H29N3O2/c1-4-19-13(18)14(2,15)7-5-9-17-10-6-8-16(3)11-12-17/h4-12,15H2,1-3H3. The Morgan fingerprint density at radius 3 is 2.74 bits per heavy atom. The molecule has 1 rings (SSSR count). The molecule has 0 spiro atoms. The lowest BCUT2D eigenvalue weighted by Crippen LogP contribution is -2.46. The summed E-state index contributed by atoms with van der Waals surface area (Å²) in [6.07, 6.45) is 2.84. The average Bonchev–Trinajstić information content (AvgIpc) is 2.54. The van der Waals surface area contributed by atoms with Crippen molar-refractivity contribution in [1.82, 2.24) is 9.80 Å². The topological polar surface area (TPSA) is 58.8 Å². The second kappa shape index (κ2) is 7.82. The van der Waals surface area contributed by atoms with Crippen molar-refractivity contribution >= 4 is 5.97 Å². The van der Waals surface area contributed by atoms with Gasteiger partial charge in [-0.2, -0.15) is 0 Å². The summed E-state index contributed by atoms with van der Waals surface area (Å²) in [7, 11) is 2.17. The van der Waals surface area contributed by atoms with E-state index in [1.54, 1.807) is 6.92 Å². The summed E-state index contributed by atoms with van der Waals surface area (Å²) in [5.74, 6) is -0.286. The third kappa shape index (κ3) is 5.89. The maximum Gasteiger partial charge on any atom is 0.325 e. The van der Waals surface area contributed by atoms with Gasteiger partial charge in [-0.05, 0) is 59.8 Å². The van der Waals surface area contributed by atoms with Crippen LogP contribution in [-0.4, -0.2) is 67.7 Å². The van der Waals surface area contributed by atoms with Crippen LogP contribution < -0.4 is 5.73 Å². The van der Waals surface area contributed by atoms with Gasteiger partial charge in [-0.1, -0.05) is 0 Å². The summed E-state index contributed by atoms with van der Waals surface area (Å²) >= 11 is 0. The first kappa shape index (κ1) is 16.4. The van der Waals surface area contributed by atoms with Gasteiger partial charge < -0.3 is 20.3 Å². The Morgan fingerprint density at radius 1 is 1.32 bits per heavy atom. The molecule has 0 bridgehead atoms. The zero-order valence-electron chi connectivity index (χ0n) is 12.7. The van der Waals surface area contributed by atoms with Gasteiger partial charge in [-0.3, -0.25) is 4.79 Å². The largest absolute Gasteiger partial charge is 0.465 e. The lowest BCUT2D eigenvalue weighted by Gasteiger charge is -2.25. The first-order valence-corrected chi connectivity index (χ1v) is 7.32. The van der Waals surface area contributed by atoms with Crippen molar-refractivity contribution in [1.29, 1.82) is 0 Å². The van der Waals surface area contributed by atoms with Crippen LogP contribution in [0.15, 0.2) is 0 Å². The molecule has 0 aromatic rings. The Kier molecular flexibility index (Phi) is 6.75. The molecule has 1 heterocycles. The molecular formula is C14H29N3O2. The maximum absolute atomic E-state index is 11.7. The van der Waals surface area contributed by atoms with E-state index in [-0.39, 0.29) is 5.97 Å². The second-order valence-corrected chi connectivity index (χ2v) is 5.74. The predicted molar refractivity (Wildman–Crippen MR) is 77.0 cm³/mol. The van der Waals surface area contributed by atoms with Gasteiger partial charge in [-0.15, -0.1) is 0 Å². The number of nitrogens with two attached hydrogens (primary N) is 1. The van der Waals surface area contributed by atoms with Crippen LogP contribution in [0.4, 0.5) is 0 Å². The van der Waals surface area contributed by atoms with Gasteiger partial charge in [0.1, 0.15) is 5.54 Å². The number of likely N-dealkylation sites (N-methyl/N-ethyl adjacent to an activating group) is 1. The molecule has 0 aromatic heterocycles. The van der Waals surface area contributed by atoms with Crippen LogP contribution in [0.2, 0.25) is 0 Å². The van der Waals surface area contributed by atoms with Gasteiger partial charge in [0.05, 0.1) is 6.61 Å². The van der Waals surface area contributed by atoms with E-state index in [9.17, 15) is 4.79 Å². The van der Waals surface area contributed by atoms with E-state index in [2.05, 4.69) is 16.8 Å². The van der Waals surface area contributed by atoms with E-state index >= 15 is 0 Å². The van der Waals surface area contributed by atoms with Crippen molar-refractivity contribution in [2.24, 2.45) is 5.73 Å². The molecule has 1 aliphatic rings. The highest BCUT2D eigenvalue weighted by atomic mass is 16.5. The van der Waals surface area contributed by atoms with Crippen LogP contribution in [0.5, 0.6) is 0 Å². The number of rotatable bonds is 6. The summed E-state index contributed by atoms with van der Waals surface area (Å²) in [5.41, 5.74) is 5.17. The van der Waals surface area contributed by atoms with Gasteiger partial charge in [0.15, 0.2) is 0 Å². The number of hydrogen-bond donors (Lipinski definition) is 1. The highest BCUT2D eigenvalue weighted by Gasteiger charge is 2.29. The van der Waals surface area contributed by atoms with Crippen LogP contribution >= 0.6 is 0 Å². The van der Waals surface area contributed by atoms with Crippen molar-refractivity contribution in [3.63, 3.8) is 0 Å². The number of carbonyl (C=O) groups excluding carboxylic acids is 1. The molecule has 5 nitrogen and oxygen atoms in total. The molecule has 1 fully saturated rings. The molecule has 0 saturated carbocycles. The van der Waals surface area contributed by atoms with Gasteiger partial charge >= 0.3 is 5.97 Å². The Hall–Kier alpha value is -0.650. The maximum atomic E-state index is 11.7. The van der Waals surface area contributed by atoms with Crippen molar-refractivity contribution < 1.29 is 9.53 Å². The Bertz CT molecular complexity index is 282. The first-order valence-electron chi connectivity index (χ1n) is 7.32. The van der Waals surface area contributed by atoms with Gasteiger partial charge in [0, 0.05) is 13.1 Å². The molecule has 1 aliphatic heterocycles. The number of nitrogens with zero attached hydrogens (tertiary/aromatic N) is 2. The second-order valence-electron chi connectivity index (χ2n) is 5.74. The molecule has 0 amide bonds. The lowest BCUT2D eigenvalue weighted by atomic mass is 9.97. The quantitative estimate of drug-likeness (QED) is 0.720. The third-order valence-corrected chi connectivity index (χ3v) is 3.72. The van der Waals surface area contributed by atoms with Gasteiger partial charge in [0.25, 0.3) is 0 Å². The van der Waals surface area contributed by atoms with E-state index in [1.807, 2.05) is 6.92 Å². The SMILES string of the molecule is CCOC(=O)C(C)(N)CCCN1CCCN(C)CC1. The van der Waals surface area contributed by atoms with E-state index < -0.39 is 5.54 Å². The summed E-state index contributed by atoms with van der Waals surface area (Å²) in [6.45, 7) is 9.53. The Labute approximate surface area is 117 Å². The summed E-state index contributed by atoms with van der Waals surface area (Å²) < 4.78 is 5.00. The number of carbonyl (C=O) groups is 1. The molecule has 1 unspecified atom stereocenters.